The van der Waals surface area contributed by atoms with Gasteiger partial charge in [0.2, 0.25) is 0 Å². The molecule has 2 aliphatic rings. The van der Waals surface area contributed by atoms with Crippen molar-refractivity contribution in [2.24, 2.45) is 0 Å². The van der Waals surface area contributed by atoms with E-state index in [0.717, 1.165) is 31.4 Å². The Morgan fingerprint density at radius 3 is 2.67 bits per heavy atom. The van der Waals surface area contributed by atoms with Gasteiger partial charge in [0.25, 0.3) is 5.91 Å². The van der Waals surface area contributed by atoms with Crippen LogP contribution in [0.15, 0.2) is 12.1 Å². The number of aromatic nitrogens is 1. The number of fused-ring (bicyclic) bond motifs is 2. The first-order chi connectivity index (χ1) is 9.84. The number of halogens is 4. The second-order valence-corrected chi connectivity index (χ2v) is 5.75. The molecule has 2 fully saturated rings. The fourth-order valence-electron chi connectivity index (χ4n) is 3.00. The lowest BCUT2D eigenvalue weighted by atomic mass is 9.95. The molecule has 0 radical (unpaired) electrons. The number of nitrogens with one attached hydrogen (secondary N) is 2. The van der Waals surface area contributed by atoms with Gasteiger partial charge in [-0.1, -0.05) is 11.6 Å². The largest absolute Gasteiger partial charge is 0.419 e. The number of nitrogens with zero attached hydrogens (tertiary/aromatic N) is 1. The molecule has 4 nitrogen and oxygen atoms in total. The molecule has 3 atom stereocenters. The molecule has 1 aromatic rings. The topological polar surface area (TPSA) is 54.0 Å². The van der Waals surface area contributed by atoms with Gasteiger partial charge in [0.1, 0.15) is 10.8 Å². The van der Waals surface area contributed by atoms with E-state index in [1.54, 1.807) is 0 Å². The van der Waals surface area contributed by atoms with Crippen LogP contribution in [-0.4, -0.2) is 29.0 Å². The van der Waals surface area contributed by atoms with E-state index in [1.165, 1.54) is 0 Å². The van der Waals surface area contributed by atoms with Gasteiger partial charge in [-0.2, -0.15) is 13.2 Å². The van der Waals surface area contributed by atoms with Crippen LogP contribution < -0.4 is 10.6 Å². The Hall–Kier alpha value is -1.34. The third-order valence-corrected chi connectivity index (χ3v) is 4.29. The second-order valence-electron chi connectivity index (χ2n) is 5.40. The summed E-state index contributed by atoms with van der Waals surface area (Å²) in [5.41, 5.74) is -1.14. The molecule has 0 saturated carbocycles. The predicted molar refractivity (Wildman–Crippen MR) is 70.1 cm³/mol. The molecule has 2 saturated heterocycles. The summed E-state index contributed by atoms with van der Waals surface area (Å²) in [4.78, 5) is 15.6. The van der Waals surface area contributed by atoms with Crippen LogP contribution in [0.25, 0.3) is 0 Å². The molecule has 0 unspecified atom stereocenters. The van der Waals surface area contributed by atoms with Gasteiger partial charge in [-0.05, 0) is 31.4 Å². The number of pyridine rings is 1. The Labute approximate surface area is 124 Å². The lowest BCUT2D eigenvalue weighted by Gasteiger charge is -2.21. The van der Waals surface area contributed by atoms with E-state index < -0.39 is 22.8 Å². The van der Waals surface area contributed by atoms with Crippen LogP contribution in [0.5, 0.6) is 0 Å². The highest BCUT2D eigenvalue weighted by Gasteiger charge is 2.40. The van der Waals surface area contributed by atoms with E-state index in [4.69, 9.17) is 11.6 Å². The van der Waals surface area contributed by atoms with Gasteiger partial charge in [0, 0.05) is 18.1 Å². The molecule has 3 heterocycles. The summed E-state index contributed by atoms with van der Waals surface area (Å²) in [6.07, 6.45) is -1.64. The first-order valence-corrected chi connectivity index (χ1v) is 7.03. The van der Waals surface area contributed by atoms with E-state index in [1.807, 2.05) is 0 Å². The molecule has 1 aromatic heterocycles. The average molecular weight is 320 g/mol. The van der Waals surface area contributed by atoms with Crippen LogP contribution in [0, 0.1) is 0 Å². The molecule has 21 heavy (non-hydrogen) atoms. The predicted octanol–water partition coefficient (Wildman–Crippen LogP) is 2.38. The Morgan fingerprint density at radius 2 is 2.14 bits per heavy atom. The molecule has 8 heteroatoms. The highest BCUT2D eigenvalue weighted by molar-refractivity contribution is 6.30. The zero-order chi connectivity index (χ0) is 15.2. The van der Waals surface area contributed by atoms with Crippen molar-refractivity contribution >= 4 is 17.5 Å². The zero-order valence-electron chi connectivity index (χ0n) is 10.9. The van der Waals surface area contributed by atoms with Gasteiger partial charge in [-0.25, -0.2) is 4.98 Å². The summed E-state index contributed by atoms with van der Waals surface area (Å²) < 4.78 is 37.7. The lowest BCUT2D eigenvalue weighted by molar-refractivity contribution is -0.137. The lowest BCUT2D eigenvalue weighted by Crippen LogP contribution is -2.43. The van der Waals surface area contributed by atoms with Gasteiger partial charge in [-0.15, -0.1) is 0 Å². The van der Waals surface area contributed by atoms with Crippen LogP contribution in [0.2, 0.25) is 5.15 Å². The standard InChI is InChI=1S/C13H13ClF3N3O/c14-11-7(13(15,16)17)2-4-9(19-11)12(21)20-10-5-6-1-3-8(10)18-6/h2,4,6,8,10,18H,1,3,5H2,(H,20,21)/t6-,8+,10-/m1/s1. The third-order valence-electron chi connectivity index (χ3n) is 4.00. The molecule has 1 amide bonds. The quantitative estimate of drug-likeness (QED) is 0.823. The second kappa shape index (κ2) is 5.14. The zero-order valence-corrected chi connectivity index (χ0v) is 11.6. The first kappa shape index (κ1) is 14.6. The Morgan fingerprint density at radius 1 is 1.38 bits per heavy atom. The minimum Gasteiger partial charge on any atom is -0.346 e. The summed E-state index contributed by atoms with van der Waals surface area (Å²) in [5.74, 6) is -0.495. The molecule has 2 bridgehead atoms. The normalized spacial score (nSPS) is 27.9. The first-order valence-electron chi connectivity index (χ1n) is 6.65. The average Bonchev–Trinajstić information content (AvgIpc) is 2.99. The molecule has 114 valence electrons. The van der Waals surface area contributed by atoms with Crippen molar-refractivity contribution in [2.75, 3.05) is 0 Å². The molecule has 0 aromatic carbocycles. The summed E-state index contributed by atoms with van der Waals surface area (Å²) in [7, 11) is 0. The van der Waals surface area contributed by atoms with Gasteiger partial charge in [-0.3, -0.25) is 4.79 Å². The van der Waals surface area contributed by atoms with E-state index in [9.17, 15) is 18.0 Å². The van der Waals surface area contributed by atoms with Gasteiger partial charge >= 0.3 is 6.18 Å². The number of rotatable bonds is 2. The smallest absolute Gasteiger partial charge is 0.346 e. The number of alkyl halides is 3. The fourth-order valence-corrected chi connectivity index (χ4v) is 3.26. The SMILES string of the molecule is O=C(N[C@@H]1C[C@H]2CC[C@@H]1N2)c1ccc(C(F)(F)F)c(Cl)n1. The van der Waals surface area contributed by atoms with E-state index in [2.05, 4.69) is 15.6 Å². The van der Waals surface area contributed by atoms with Crippen LogP contribution in [0.1, 0.15) is 35.3 Å². The third kappa shape index (κ3) is 2.85. The Bertz CT molecular complexity index is 578. The number of carbonyl (C=O) groups is 1. The minimum atomic E-state index is -4.58. The van der Waals surface area contributed by atoms with Gasteiger partial charge in [0.05, 0.1) is 5.56 Å². The van der Waals surface area contributed by atoms with Gasteiger partial charge in [0.15, 0.2) is 0 Å². The highest BCUT2D eigenvalue weighted by atomic mass is 35.5. The Kier molecular flexibility index (Phi) is 3.57. The number of carbonyl (C=O) groups excluding carboxylic acids is 1. The van der Waals surface area contributed by atoms with E-state index in [0.29, 0.717) is 6.04 Å². The maximum Gasteiger partial charge on any atom is 0.419 e. The van der Waals surface area contributed by atoms with Crippen molar-refractivity contribution in [1.29, 1.82) is 0 Å². The molecular weight excluding hydrogens is 307 g/mol. The number of hydrogen-bond acceptors (Lipinski definition) is 3. The van der Waals surface area contributed by atoms with Crippen LogP contribution in [0.3, 0.4) is 0 Å². The summed E-state index contributed by atoms with van der Waals surface area (Å²) >= 11 is 5.51. The van der Waals surface area contributed by atoms with Crippen LogP contribution >= 0.6 is 11.6 Å². The summed E-state index contributed by atoms with van der Waals surface area (Å²) in [5, 5.41) is 5.47. The van der Waals surface area contributed by atoms with Crippen molar-refractivity contribution in [2.45, 2.75) is 43.6 Å². The highest BCUT2D eigenvalue weighted by Crippen LogP contribution is 2.33. The van der Waals surface area contributed by atoms with Crippen molar-refractivity contribution in [3.8, 4) is 0 Å². The Balaban J connectivity index is 1.72. The summed E-state index contributed by atoms with van der Waals surface area (Å²) in [6.45, 7) is 0. The van der Waals surface area contributed by atoms with Crippen molar-refractivity contribution < 1.29 is 18.0 Å². The molecule has 2 N–H and O–H groups in total. The van der Waals surface area contributed by atoms with E-state index >= 15 is 0 Å². The van der Waals surface area contributed by atoms with Gasteiger partial charge < -0.3 is 10.6 Å². The molecule has 2 aliphatic heterocycles. The molecule has 0 spiro atoms. The molecule has 0 aliphatic carbocycles. The molecular formula is C13H13ClF3N3O. The maximum atomic E-state index is 12.6. The van der Waals surface area contributed by atoms with E-state index in [-0.39, 0.29) is 17.8 Å². The maximum absolute atomic E-state index is 12.6. The molecule has 3 rings (SSSR count). The van der Waals surface area contributed by atoms with Crippen LogP contribution in [-0.2, 0) is 6.18 Å². The fraction of sp³-hybridized carbons (Fsp3) is 0.538. The monoisotopic (exact) mass is 319 g/mol. The van der Waals surface area contributed by atoms with Crippen molar-refractivity contribution in [3.05, 3.63) is 28.5 Å². The number of hydrogen-bond donors (Lipinski definition) is 2. The van der Waals surface area contributed by atoms with Crippen molar-refractivity contribution in [3.63, 3.8) is 0 Å². The van der Waals surface area contributed by atoms with Crippen molar-refractivity contribution in [1.82, 2.24) is 15.6 Å². The minimum absolute atomic E-state index is 0.000817. The van der Waals surface area contributed by atoms with Crippen LogP contribution in [0.4, 0.5) is 13.2 Å². The summed E-state index contributed by atoms with van der Waals surface area (Å²) in [6, 6.07) is 2.49. The number of amides is 1.